The molecule has 9 heavy (non-hydrogen) atoms. The van der Waals surface area contributed by atoms with Gasteiger partial charge in [-0.1, -0.05) is 13.8 Å². The molecule has 0 aliphatic heterocycles. The van der Waals surface area contributed by atoms with Crippen LogP contribution in [0, 0.1) is 17.2 Å². The zero-order valence-corrected chi connectivity index (χ0v) is 6.09. The zero-order valence-electron chi connectivity index (χ0n) is 6.09. The SMILES string of the molecule is CC(C)C[C@@H](N)CC#N. The largest absolute Gasteiger partial charge is 0.327 e. The minimum absolute atomic E-state index is 0.0787. The third-order valence-electron chi connectivity index (χ3n) is 1.13. The average molecular weight is 126 g/mol. The molecular weight excluding hydrogens is 112 g/mol. The maximum atomic E-state index is 8.22. The second-order valence-corrected chi connectivity index (χ2v) is 2.75. The lowest BCUT2D eigenvalue weighted by Gasteiger charge is -2.08. The molecule has 2 N–H and O–H groups in total. The van der Waals surface area contributed by atoms with Crippen LogP contribution in [0.2, 0.25) is 0 Å². The first-order valence-corrected chi connectivity index (χ1v) is 3.29. The lowest BCUT2D eigenvalue weighted by molar-refractivity contribution is 0.501. The third-order valence-corrected chi connectivity index (χ3v) is 1.13. The van der Waals surface area contributed by atoms with E-state index in [1.165, 1.54) is 0 Å². The van der Waals surface area contributed by atoms with E-state index in [4.69, 9.17) is 11.0 Å². The maximum Gasteiger partial charge on any atom is 0.0638 e. The molecule has 0 heterocycles. The smallest absolute Gasteiger partial charge is 0.0638 e. The molecule has 0 saturated heterocycles. The van der Waals surface area contributed by atoms with E-state index < -0.39 is 0 Å². The molecule has 0 aromatic heterocycles. The van der Waals surface area contributed by atoms with Gasteiger partial charge in [-0.3, -0.25) is 0 Å². The van der Waals surface area contributed by atoms with E-state index in [-0.39, 0.29) is 6.04 Å². The Labute approximate surface area is 56.7 Å². The van der Waals surface area contributed by atoms with Crippen molar-refractivity contribution >= 4 is 0 Å². The Morgan fingerprint density at radius 2 is 2.11 bits per heavy atom. The second kappa shape index (κ2) is 4.34. The van der Waals surface area contributed by atoms with Crippen LogP contribution in [0.3, 0.4) is 0 Å². The van der Waals surface area contributed by atoms with Gasteiger partial charge in [0, 0.05) is 6.04 Å². The maximum absolute atomic E-state index is 8.22. The number of hydrogen-bond donors (Lipinski definition) is 1. The summed E-state index contributed by atoms with van der Waals surface area (Å²) in [6.45, 7) is 4.22. The summed E-state index contributed by atoms with van der Waals surface area (Å²) in [6, 6.07) is 2.13. The van der Waals surface area contributed by atoms with Gasteiger partial charge in [-0.2, -0.15) is 5.26 Å². The monoisotopic (exact) mass is 126 g/mol. The lowest BCUT2D eigenvalue weighted by Crippen LogP contribution is -2.20. The van der Waals surface area contributed by atoms with Crippen molar-refractivity contribution in [1.29, 1.82) is 5.26 Å². The van der Waals surface area contributed by atoms with Gasteiger partial charge >= 0.3 is 0 Å². The zero-order chi connectivity index (χ0) is 7.28. The summed E-state index contributed by atoms with van der Waals surface area (Å²) in [4.78, 5) is 0. The van der Waals surface area contributed by atoms with Crippen molar-refractivity contribution < 1.29 is 0 Å². The predicted molar refractivity (Wildman–Crippen MR) is 37.7 cm³/mol. The molecule has 52 valence electrons. The molecule has 0 rings (SSSR count). The minimum atomic E-state index is 0.0787. The van der Waals surface area contributed by atoms with E-state index in [0.29, 0.717) is 12.3 Å². The van der Waals surface area contributed by atoms with Crippen molar-refractivity contribution in [2.75, 3.05) is 0 Å². The molecule has 2 nitrogen and oxygen atoms in total. The highest BCUT2D eigenvalue weighted by Gasteiger charge is 2.02. The number of nitrogens with two attached hydrogens (primary N) is 1. The van der Waals surface area contributed by atoms with Gasteiger partial charge in [-0.25, -0.2) is 0 Å². The van der Waals surface area contributed by atoms with Crippen molar-refractivity contribution in [3.63, 3.8) is 0 Å². The van der Waals surface area contributed by atoms with Gasteiger partial charge in [-0.15, -0.1) is 0 Å². The summed E-state index contributed by atoms with van der Waals surface area (Å²) >= 11 is 0. The van der Waals surface area contributed by atoms with Gasteiger partial charge in [0.15, 0.2) is 0 Å². The summed E-state index contributed by atoms with van der Waals surface area (Å²) in [6.07, 6.45) is 1.44. The van der Waals surface area contributed by atoms with Gasteiger partial charge < -0.3 is 5.73 Å². The van der Waals surface area contributed by atoms with E-state index in [9.17, 15) is 0 Å². The third kappa shape index (κ3) is 5.32. The molecule has 0 bridgehead atoms. The Balaban J connectivity index is 3.29. The Morgan fingerprint density at radius 1 is 1.56 bits per heavy atom. The van der Waals surface area contributed by atoms with Crippen molar-refractivity contribution in [1.82, 2.24) is 0 Å². The quantitative estimate of drug-likeness (QED) is 0.619. The molecule has 2 heteroatoms. The van der Waals surface area contributed by atoms with Crippen LogP contribution in [0.25, 0.3) is 0 Å². The van der Waals surface area contributed by atoms with Gasteiger partial charge in [0.1, 0.15) is 0 Å². The van der Waals surface area contributed by atoms with Crippen LogP contribution in [0.15, 0.2) is 0 Å². The van der Waals surface area contributed by atoms with Crippen molar-refractivity contribution in [2.45, 2.75) is 32.7 Å². The molecule has 0 unspecified atom stereocenters. The summed E-state index contributed by atoms with van der Waals surface area (Å²) in [5.74, 6) is 0.605. The van der Waals surface area contributed by atoms with Crippen LogP contribution in [0.5, 0.6) is 0 Å². The second-order valence-electron chi connectivity index (χ2n) is 2.75. The Kier molecular flexibility index (Phi) is 4.08. The van der Waals surface area contributed by atoms with Gasteiger partial charge in [0.25, 0.3) is 0 Å². The first kappa shape index (κ1) is 8.45. The number of nitrogens with zero attached hydrogens (tertiary/aromatic N) is 1. The highest BCUT2D eigenvalue weighted by molar-refractivity contribution is 4.78. The van der Waals surface area contributed by atoms with Gasteiger partial charge in [0.05, 0.1) is 12.5 Å². The van der Waals surface area contributed by atoms with Crippen LogP contribution in [-0.2, 0) is 0 Å². The summed E-state index contributed by atoms with van der Waals surface area (Å²) in [7, 11) is 0. The van der Waals surface area contributed by atoms with Crippen molar-refractivity contribution in [3.8, 4) is 6.07 Å². The normalized spacial score (nSPS) is 13.2. The van der Waals surface area contributed by atoms with E-state index >= 15 is 0 Å². The van der Waals surface area contributed by atoms with Gasteiger partial charge in [0.2, 0.25) is 0 Å². The molecule has 0 aromatic carbocycles. The highest BCUT2D eigenvalue weighted by atomic mass is 14.6. The van der Waals surface area contributed by atoms with Crippen molar-refractivity contribution in [2.24, 2.45) is 11.7 Å². The summed E-state index contributed by atoms with van der Waals surface area (Å²) in [5.41, 5.74) is 5.56. The van der Waals surface area contributed by atoms with E-state index in [2.05, 4.69) is 13.8 Å². The van der Waals surface area contributed by atoms with Crippen molar-refractivity contribution in [3.05, 3.63) is 0 Å². The molecule has 0 aliphatic rings. The molecule has 0 fully saturated rings. The molecule has 1 atom stereocenters. The van der Waals surface area contributed by atoms with E-state index in [1.54, 1.807) is 0 Å². The first-order chi connectivity index (χ1) is 4.16. The van der Waals surface area contributed by atoms with Gasteiger partial charge in [-0.05, 0) is 12.3 Å². The fraction of sp³-hybridized carbons (Fsp3) is 0.857. The topological polar surface area (TPSA) is 49.8 Å². The molecule has 0 saturated carbocycles. The molecule has 0 spiro atoms. The molecule has 0 aliphatic carbocycles. The van der Waals surface area contributed by atoms with Crippen LogP contribution in [0.1, 0.15) is 26.7 Å². The van der Waals surface area contributed by atoms with Crippen LogP contribution in [0.4, 0.5) is 0 Å². The number of hydrogen-bond acceptors (Lipinski definition) is 2. The molecular formula is C7H14N2. The van der Waals surface area contributed by atoms with Crippen LogP contribution in [-0.4, -0.2) is 6.04 Å². The fourth-order valence-corrected chi connectivity index (χ4v) is 0.806. The Bertz CT molecular complexity index is 102. The lowest BCUT2D eigenvalue weighted by atomic mass is 10.0. The predicted octanol–water partition coefficient (Wildman–Crippen LogP) is 1.27. The van der Waals surface area contributed by atoms with E-state index in [0.717, 1.165) is 6.42 Å². The molecule has 0 amide bonds. The van der Waals surface area contributed by atoms with E-state index in [1.807, 2.05) is 6.07 Å². The minimum Gasteiger partial charge on any atom is -0.327 e. The number of rotatable bonds is 3. The Hall–Kier alpha value is -0.550. The molecule has 0 aromatic rings. The Morgan fingerprint density at radius 3 is 2.44 bits per heavy atom. The highest BCUT2D eigenvalue weighted by Crippen LogP contribution is 2.03. The number of nitriles is 1. The van der Waals surface area contributed by atoms with Crippen LogP contribution >= 0.6 is 0 Å². The first-order valence-electron chi connectivity index (χ1n) is 3.29. The average Bonchev–Trinajstić information content (AvgIpc) is 1.63. The summed E-state index contributed by atoms with van der Waals surface area (Å²) < 4.78 is 0. The van der Waals surface area contributed by atoms with Crippen LogP contribution < -0.4 is 5.73 Å². The fourth-order valence-electron chi connectivity index (χ4n) is 0.806. The summed E-state index contributed by atoms with van der Waals surface area (Å²) in [5, 5.41) is 8.22. The molecule has 0 radical (unpaired) electrons. The standard InChI is InChI=1S/C7H14N2/c1-6(2)5-7(9)3-4-8/h6-7H,3,5,9H2,1-2H3/t7-/m0/s1.